The van der Waals surface area contributed by atoms with E-state index in [0.717, 1.165) is 53.9 Å². The lowest BCUT2D eigenvalue weighted by Gasteiger charge is -2.29. The molecule has 0 aliphatic carbocycles. The van der Waals surface area contributed by atoms with E-state index >= 15 is 0 Å². The summed E-state index contributed by atoms with van der Waals surface area (Å²) in [5.74, 6) is 0.686. The number of hydrogen-bond acceptors (Lipinski definition) is 7. The van der Waals surface area contributed by atoms with Gasteiger partial charge in [0.15, 0.2) is 5.13 Å². The van der Waals surface area contributed by atoms with Crippen LogP contribution < -0.4 is 9.64 Å². The van der Waals surface area contributed by atoms with Crippen LogP contribution in [0, 0.1) is 0 Å². The van der Waals surface area contributed by atoms with Gasteiger partial charge in [-0.05, 0) is 48.7 Å². The second-order valence-corrected chi connectivity index (χ2v) is 8.86. The summed E-state index contributed by atoms with van der Waals surface area (Å²) in [5.41, 5.74) is 1.55. The van der Waals surface area contributed by atoms with Crippen molar-refractivity contribution in [2.45, 2.75) is 4.90 Å². The van der Waals surface area contributed by atoms with Crippen LogP contribution in [0.4, 0.5) is 5.13 Å². The van der Waals surface area contributed by atoms with Crippen LogP contribution >= 0.6 is 23.1 Å². The van der Waals surface area contributed by atoms with Crippen LogP contribution in [0.3, 0.4) is 0 Å². The lowest BCUT2D eigenvalue weighted by Crippen LogP contribution is -2.43. The third-order valence-electron chi connectivity index (χ3n) is 5.14. The molecule has 1 aliphatic heterocycles. The molecule has 0 N–H and O–H groups in total. The molecule has 4 rings (SSSR count). The van der Waals surface area contributed by atoms with Crippen molar-refractivity contribution in [1.29, 1.82) is 0 Å². The number of benzene rings is 2. The van der Waals surface area contributed by atoms with Crippen LogP contribution in [0.15, 0.2) is 47.4 Å². The SMILES string of the molecule is COc1ccc(C(=O)N(CCN2CCOCC2)c2nc3ccc(SC)cc3s2)cc1. The zero-order chi connectivity index (χ0) is 20.9. The van der Waals surface area contributed by atoms with Crippen LogP contribution in [0.25, 0.3) is 10.2 Å². The zero-order valence-electron chi connectivity index (χ0n) is 17.2. The van der Waals surface area contributed by atoms with E-state index in [2.05, 4.69) is 23.3 Å². The molecule has 1 fully saturated rings. The van der Waals surface area contributed by atoms with Crippen LogP contribution in [-0.4, -0.2) is 68.5 Å². The summed E-state index contributed by atoms with van der Waals surface area (Å²) < 4.78 is 11.8. The Kier molecular flexibility index (Phi) is 6.89. The molecule has 2 aromatic carbocycles. The van der Waals surface area contributed by atoms with Crippen LogP contribution in [0.5, 0.6) is 5.75 Å². The van der Waals surface area contributed by atoms with Gasteiger partial charge in [-0.15, -0.1) is 11.8 Å². The smallest absolute Gasteiger partial charge is 0.260 e. The minimum absolute atomic E-state index is 0.0462. The molecule has 8 heteroatoms. The van der Waals surface area contributed by atoms with Crippen molar-refractivity contribution < 1.29 is 14.3 Å². The van der Waals surface area contributed by atoms with Crippen molar-refractivity contribution in [2.24, 2.45) is 0 Å². The molecule has 0 bridgehead atoms. The summed E-state index contributed by atoms with van der Waals surface area (Å²) in [6, 6.07) is 13.5. The van der Waals surface area contributed by atoms with E-state index in [1.807, 2.05) is 30.3 Å². The average molecular weight is 444 g/mol. The number of thioether (sulfide) groups is 1. The largest absolute Gasteiger partial charge is 0.497 e. The number of carbonyl (C=O) groups excluding carboxylic acids is 1. The van der Waals surface area contributed by atoms with E-state index in [4.69, 9.17) is 14.5 Å². The first-order chi connectivity index (χ1) is 14.7. The van der Waals surface area contributed by atoms with Gasteiger partial charge in [0.2, 0.25) is 0 Å². The summed E-state index contributed by atoms with van der Waals surface area (Å²) in [5, 5.41) is 0.734. The number of nitrogens with zero attached hydrogens (tertiary/aromatic N) is 3. The highest BCUT2D eigenvalue weighted by Crippen LogP contribution is 2.32. The van der Waals surface area contributed by atoms with Gasteiger partial charge < -0.3 is 9.47 Å². The molecule has 1 saturated heterocycles. The first-order valence-corrected chi connectivity index (χ1v) is 11.9. The van der Waals surface area contributed by atoms with Crippen molar-refractivity contribution in [3.05, 3.63) is 48.0 Å². The fourth-order valence-electron chi connectivity index (χ4n) is 3.37. The van der Waals surface area contributed by atoms with Gasteiger partial charge in [-0.1, -0.05) is 11.3 Å². The van der Waals surface area contributed by atoms with Gasteiger partial charge in [0.1, 0.15) is 5.75 Å². The number of methoxy groups -OCH3 is 1. The molecule has 30 heavy (non-hydrogen) atoms. The zero-order valence-corrected chi connectivity index (χ0v) is 18.8. The molecule has 6 nitrogen and oxygen atoms in total. The monoisotopic (exact) mass is 443 g/mol. The van der Waals surface area contributed by atoms with Gasteiger partial charge >= 0.3 is 0 Å². The first-order valence-electron chi connectivity index (χ1n) is 9.88. The average Bonchev–Trinajstić information content (AvgIpc) is 3.22. The molecule has 0 unspecified atom stereocenters. The molecule has 0 atom stereocenters. The van der Waals surface area contributed by atoms with E-state index in [9.17, 15) is 4.79 Å². The normalized spacial score (nSPS) is 14.7. The molecule has 2 heterocycles. The highest BCUT2D eigenvalue weighted by molar-refractivity contribution is 7.98. The fraction of sp³-hybridized carbons (Fsp3) is 0.364. The molecular weight excluding hydrogens is 418 g/mol. The third kappa shape index (κ3) is 4.78. The van der Waals surface area contributed by atoms with E-state index in [-0.39, 0.29) is 5.91 Å². The maximum Gasteiger partial charge on any atom is 0.260 e. The maximum atomic E-state index is 13.4. The molecule has 158 valence electrons. The summed E-state index contributed by atoms with van der Waals surface area (Å²) in [6.45, 7) is 4.64. The quantitative estimate of drug-likeness (QED) is 0.515. The van der Waals surface area contributed by atoms with E-state index in [0.29, 0.717) is 12.1 Å². The predicted octanol–water partition coefficient (Wildman–Crippen LogP) is 4.01. The lowest BCUT2D eigenvalue weighted by atomic mass is 10.2. The number of anilines is 1. The Morgan fingerprint density at radius 3 is 2.70 bits per heavy atom. The number of fused-ring (bicyclic) bond motifs is 1. The minimum Gasteiger partial charge on any atom is -0.497 e. The van der Waals surface area contributed by atoms with Crippen molar-refractivity contribution >= 4 is 44.4 Å². The minimum atomic E-state index is -0.0462. The highest BCUT2D eigenvalue weighted by atomic mass is 32.2. The third-order valence-corrected chi connectivity index (χ3v) is 6.91. The summed E-state index contributed by atoms with van der Waals surface area (Å²) >= 11 is 3.27. The number of hydrogen-bond donors (Lipinski definition) is 0. The van der Waals surface area contributed by atoms with Crippen molar-refractivity contribution in [2.75, 3.05) is 57.7 Å². The standard InChI is InChI=1S/C22H25N3O3S2/c1-27-17-5-3-16(4-6-17)21(26)25(10-9-24-11-13-28-14-12-24)22-23-19-8-7-18(29-2)15-20(19)30-22/h3-8,15H,9-14H2,1-2H3. The molecule has 0 saturated carbocycles. The van der Waals surface area contributed by atoms with Gasteiger partial charge in [-0.25, -0.2) is 4.98 Å². The van der Waals surface area contributed by atoms with Crippen molar-refractivity contribution in [1.82, 2.24) is 9.88 Å². The Balaban J connectivity index is 1.62. The molecule has 1 amide bonds. The number of rotatable bonds is 7. The number of thiazole rings is 1. The Hall–Kier alpha value is -2.13. The molecule has 1 aromatic heterocycles. The Morgan fingerprint density at radius 1 is 1.23 bits per heavy atom. The maximum absolute atomic E-state index is 13.4. The summed E-state index contributed by atoms with van der Waals surface area (Å²) in [4.78, 5) is 23.5. The van der Waals surface area contributed by atoms with Crippen LogP contribution in [0.1, 0.15) is 10.4 Å². The van der Waals surface area contributed by atoms with E-state index < -0.39 is 0 Å². The van der Waals surface area contributed by atoms with Gasteiger partial charge in [-0.2, -0.15) is 0 Å². The fourth-order valence-corrected chi connectivity index (χ4v) is 4.92. The molecule has 3 aromatic rings. The molecule has 0 radical (unpaired) electrons. The lowest BCUT2D eigenvalue weighted by molar-refractivity contribution is 0.0391. The molecule has 1 aliphatic rings. The van der Waals surface area contributed by atoms with Crippen molar-refractivity contribution in [3.8, 4) is 5.75 Å². The van der Waals surface area contributed by atoms with E-state index in [1.54, 1.807) is 35.1 Å². The second kappa shape index (κ2) is 9.78. The highest BCUT2D eigenvalue weighted by Gasteiger charge is 2.23. The van der Waals surface area contributed by atoms with Crippen LogP contribution in [0.2, 0.25) is 0 Å². The number of aromatic nitrogens is 1. The van der Waals surface area contributed by atoms with Crippen LogP contribution in [-0.2, 0) is 4.74 Å². The second-order valence-electron chi connectivity index (χ2n) is 6.97. The first kappa shape index (κ1) is 21.1. The Bertz CT molecular complexity index is 1000. The topological polar surface area (TPSA) is 54.9 Å². The number of morpholine rings is 1. The van der Waals surface area contributed by atoms with Gasteiger partial charge in [0.05, 0.1) is 30.5 Å². The Morgan fingerprint density at radius 2 is 2.00 bits per heavy atom. The van der Waals surface area contributed by atoms with E-state index in [1.165, 1.54) is 4.90 Å². The predicted molar refractivity (Wildman–Crippen MR) is 123 cm³/mol. The van der Waals surface area contributed by atoms with Gasteiger partial charge in [0.25, 0.3) is 5.91 Å². The number of carbonyl (C=O) groups is 1. The summed E-state index contributed by atoms with van der Waals surface area (Å²) in [6.07, 6.45) is 2.06. The number of amides is 1. The number of ether oxygens (including phenoxy) is 2. The Labute approximate surface area is 184 Å². The van der Waals surface area contributed by atoms with Gasteiger partial charge in [0, 0.05) is 36.6 Å². The molecule has 0 spiro atoms. The van der Waals surface area contributed by atoms with Crippen molar-refractivity contribution in [3.63, 3.8) is 0 Å². The molecular formula is C22H25N3O3S2. The summed E-state index contributed by atoms with van der Waals surface area (Å²) in [7, 11) is 1.62. The van der Waals surface area contributed by atoms with Gasteiger partial charge in [-0.3, -0.25) is 14.6 Å².